The average Bonchev–Trinajstić information content (AvgIpc) is 2.89. The Kier molecular flexibility index (Phi) is 9.23. The van der Waals surface area contributed by atoms with Crippen molar-refractivity contribution in [1.82, 2.24) is 10.3 Å². The summed E-state index contributed by atoms with van der Waals surface area (Å²) in [6, 6.07) is 9.62. The Hall–Kier alpha value is -2.75. The van der Waals surface area contributed by atoms with Gasteiger partial charge in [-0.25, -0.2) is 9.37 Å². The molecule has 3 aromatic rings. The summed E-state index contributed by atoms with van der Waals surface area (Å²) in [5, 5.41) is 13.2. The topological polar surface area (TPSA) is 91.8 Å². The van der Waals surface area contributed by atoms with Crippen LogP contribution in [-0.2, 0) is 9.53 Å². The van der Waals surface area contributed by atoms with Crippen LogP contribution in [0.4, 0.5) is 10.2 Å². The molecule has 0 spiro atoms. The quantitative estimate of drug-likeness (QED) is 0.306. The number of anilines is 1. The average molecular weight is 607 g/mol. The van der Waals surface area contributed by atoms with Crippen LogP contribution < -0.4 is 10.2 Å². The first-order valence-electron chi connectivity index (χ1n) is 12.5. The monoisotopic (exact) mass is 605 g/mol. The fraction of sp³-hybridized carbons (Fsp3) is 0.393. The van der Waals surface area contributed by atoms with Crippen LogP contribution in [0.15, 0.2) is 40.9 Å². The minimum Gasteiger partial charge on any atom is -0.481 e. The van der Waals surface area contributed by atoms with E-state index in [4.69, 9.17) is 21.3 Å². The van der Waals surface area contributed by atoms with E-state index >= 15 is 0 Å². The molecule has 0 radical (unpaired) electrons. The van der Waals surface area contributed by atoms with E-state index in [-0.39, 0.29) is 31.4 Å². The van der Waals surface area contributed by atoms with Gasteiger partial charge in [0, 0.05) is 59.5 Å². The number of methoxy groups -OCH3 is 1. The van der Waals surface area contributed by atoms with Crippen LogP contribution in [0.1, 0.15) is 53.1 Å². The first-order valence-corrected chi connectivity index (χ1v) is 13.7. The lowest BCUT2D eigenvalue weighted by Crippen LogP contribution is -2.40. The van der Waals surface area contributed by atoms with Crippen LogP contribution >= 0.6 is 27.5 Å². The molecule has 10 heteroatoms. The van der Waals surface area contributed by atoms with Gasteiger partial charge in [0.25, 0.3) is 5.91 Å². The third-order valence-electron chi connectivity index (χ3n) is 7.02. The molecule has 1 amide bonds. The van der Waals surface area contributed by atoms with E-state index in [0.717, 1.165) is 35.2 Å². The molecule has 2 unspecified atom stereocenters. The second kappa shape index (κ2) is 12.4. The largest absolute Gasteiger partial charge is 0.481 e. The summed E-state index contributed by atoms with van der Waals surface area (Å²) < 4.78 is 20.4. The summed E-state index contributed by atoms with van der Waals surface area (Å²) in [4.78, 5) is 32.1. The van der Waals surface area contributed by atoms with E-state index in [9.17, 15) is 19.1 Å². The maximum Gasteiger partial charge on any atom is 0.303 e. The molecule has 1 fully saturated rings. The highest BCUT2D eigenvalue weighted by Crippen LogP contribution is 2.33. The molecule has 1 aliphatic rings. The van der Waals surface area contributed by atoms with E-state index in [1.165, 1.54) is 18.2 Å². The normalized spacial score (nSPS) is 16.4. The molecular weight excluding hydrogens is 577 g/mol. The molecule has 0 aliphatic carbocycles. The molecule has 202 valence electrons. The zero-order valence-electron chi connectivity index (χ0n) is 21.3. The fourth-order valence-corrected chi connectivity index (χ4v) is 5.67. The van der Waals surface area contributed by atoms with Gasteiger partial charge in [-0.3, -0.25) is 9.59 Å². The van der Waals surface area contributed by atoms with Crippen LogP contribution in [0.3, 0.4) is 0 Å². The Morgan fingerprint density at radius 3 is 2.84 bits per heavy atom. The van der Waals surface area contributed by atoms with Gasteiger partial charge in [0.05, 0.1) is 17.2 Å². The minimum absolute atomic E-state index is 0.0915. The van der Waals surface area contributed by atoms with Crippen LogP contribution in [-0.4, -0.2) is 54.8 Å². The van der Waals surface area contributed by atoms with Crippen LogP contribution in [0.25, 0.3) is 10.9 Å². The molecule has 4 rings (SSSR count). The van der Waals surface area contributed by atoms with Gasteiger partial charge >= 0.3 is 5.97 Å². The molecule has 7 nitrogen and oxygen atoms in total. The first-order chi connectivity index (χ1) is 18.2. The number of amides is 1. The highest BCUT2D eigenvalue weighted by molar-refractivity contribution is 9.10. The number of piperidine rings is 1. The molecule has 38 heavy (non-hydrogen) atoms. The lowest BCUT2D eigenvalue weighted by molar-refractivity contribution is -0.137. The van der Waals surface area contributed by atoms with Crippen molar-refractivity contribution < 1.29 is 23.8 Å². The van der Waals surface area contributed by atoms with E-state index < -0.39 is 17.7 Å². The highest BCUT2D eigenvalue weighted by atomic mass is 79.9. The van der Waals surface area contributed by atoms with Crippen LogP contribution in [0, 0.1) is 12.7 Å². The van der Waals surface area contributed by atoms with Gasteiger partial charge in [-0.15, -0.1) is 0 Å². The predicted molar refractivity (Wildman–Crippen MR) is 150 cm³/mol. The number of carboxylic acid groups (broad SMARTS) is 1. The number of hydrogen-bond acceptors (Lipinski definition) is 5. The standard InChI is InChI=1S/C28H30BrClFN3O4/c1-16-26(28(37)32-14-17(5-10-25(35)36)21-13-19(31)7-8-23(21)30)22-12-18(29)6-9-24(22)33-27(16)34-11-3-4-20(15-34)38-2/h6-9,12-13,17,20H,3-5,10-11,14-15H2,1-2H3,(H,32,37)(H,35,36). The van der Waals surface area contributed by atoms with Gasteiger partial charge < -0.3 is 20.1 Å². The van der Waals surface area contributed by atoms with Crippen molar-refractivity contribution in [3.63, 3.8) is 0 Å². The van der Waals surface area contributed by atoms with Crippen molar-refractivity contribution in [3.8, 4) is 0 Å². The maximum atomic E-state index is 14.0. The van der Waals surface area contributed by atoms with E-state index in [1.807, 2.05) is 25.1 Å². The number of fused-ring (bicyclic) bond motifs is 1. The third-order valence-corrected chi connectivity index (χ3v) is 7.85. The van der Waals surface area contributed by atoms with Crippen molar-refractivity contribution in [3.05, 3.63) is 68.4 Å². The number of carbonyl (C=O) groups excluding carboxylic acids is 1. The highest BCUT2D eigenvalue weighted by Gasteiger charge is 2.26. The smallest absolute Gasteiger partial charge is 0.303 e. The van der Waals surface area contributed by atoms with Crippen molar-refractivity contribution in [2.75, 3.05) is 31.6 Å². The maximum absolute atomic E-state index is 14.0. The number of halogens is 3. The van der Waals surface area contributed by atoms with Crippen molar-refractivity contribution in [2.24, 2.45) is 0 Å². The van der Waals surface area contributed by atoms with Crippen LogP contribution in [0.5, 0.6) is 0 Å². The second-order valence-corrected chi connectivity index (χ2v) is 10.9. The Morgan fingerprint density at radius 2 is 2.11 bits per heavy atom. The number of ether oxygens (including phenoxy) is 1. The zero-order valence-corrected chi connectivity index (χ0v) is 23.6. The predicted octanol–water partition coefficient (Wildman–Crippen LogP) is 6.09. The SMILES string of the molecule is COC1CCCN(c2nc3ccc(Br)cc3c(C(=O)NCC(CCC(=O)O)c3cc(F)ccc3Cl)c2C)C1. The summed E-state index contributed by atoms with van der Waals surface area (Å²) in [6.45, 7) is 3.48. The number of nitrogens with zero attached hydrogens (tertiary/aromatic N) is 2. The Balaban J connectivity index is 1.68. The van der Waals surface area contributed by atoms with E-state index in [2.05, 4.69) is 26.1 Å². The summed E-state index contributed by atoms with van der Waals surface area (Å²) >= 11 is 9.84. The Bertz CT molecular complexity index is 1360. The molecule has 1 aromatic heterocycles. The third kappa shape index (κ3) is 6.45. The summed E-state index contributed by atoms with van der Waals surface area (Å²) in [5.74, 6) is -1.51. The lowest BCUT2D eigenvalue weighted by Gasteiger charge is -2.34. The van der Waals surface area contributed by atoms with Gasteiger partial charge in [-0.2, -0.15) is 0 Å². The minimum atomic E-state index is -0.977. The number of carboxylic acids is 1. The number of aliphatic carboxylic acids is 1. The molecular formula is C28H30BrClFN3O4. The molecule has 1 saturated heterocycles. The number of benzene rings is 2. The number of pyridine rings is 1. The molecule has 1 aliphatic heterocycles. The molecule has 0 saturated carbocycles. The molecule has 2 aromatic carbocycles. The molecule has 2 heterocycles. The molecule has 2 N–H and O–H groups in total. The van der Waals surface area contributed by atoms with Gasteiger partial charge in [0.15, 0.2) is 0 Å². The number of nitrogens with one attached hydrogen (secondary N) is 1. The molecule has 2 atom stereocenters. The summed E-state index contributed by atoms with van der Waals surface area (Å²) in [7, 11) is 1.71. The molecule has 0 bridgehead atoms. The van der Waals surface area contributed by atoms with E-state index in [1.54, 1.807) is 7.11 Å². The van der Waals surface area contributed by atoms with E-state index in [0.29, 0.717) is 33.6 Å². The number of carbonyl (C=O) groups is 2. The van der Waals surface area contributed by atoms with Crippen molar-refractivity contribution >= 4 is 56.1 Å². The number of hydrogen-bond donors (Lipinski definition) is 2. The Morgan fingerprint density at radius 1 is 1.32 bits per heavy atom. The first kappa shape index (κ1) is 28.3. The summed E-state index contributed by atoms with van der Waals surface area (Å²) in [5.41, 5.74) is 2.39. The van der Waals surface area contributed by atoms with Crippen LogP contribution in [0.2, 0.25) is 5.02 Å². The lowest BCUT2D eigenvalue weighted by atomic mass is 9.93. The Labute approximate surface area is 234 Å². The zero-order chi connectivity index (χ0) is 27.4. The number of aromatic nitrogens is 1. The van der Waals surface area contributed by atoms with Gasteiger partial charge in [-0.05, 0) is 68.1 Å². The fourth-order valence-electron chi connectivity index (χ4n) is 5.04. The van der Waals surface area contributed by atoms with Crippen molar-refractivity contribution in [2.45, 2.75) is 44.6 Å². The van der Waals surface area contributed by atoms with Gasteiger partial charge in [0.2, 0.25) is 0 Å². The number of rotatable bonds is 9. The van der Waals surface area contributed by atoms with Gasteiger partial charge in [0.1, 0.15) is 11.6 Å². The summed E-state index contributed by atoms with van der Waals surface area (Å²) in [6.07, 6.45) is 2.07. The van der Waals surface area contributed by atoms with Gasteiger partial charge in [-0.1, -0.05) is 27.5 Å². The van der Waals surface area contributed by atoms with Crippen molar-refractivity contribution in [1.29, 1.82) is 0 Å². The second-order valence-electron chi connectivity index (χ2n) is 9.55.